The molecular formula is C29H34FN3O4S. The van der Waals surface area contributed by atoms with Gasteiger partial charge in [-0.3, -0.25) is 13.9 Å². The molecule has 0 radical (unpaired) electrons. The molecule has 0 aromatic heterocycles. The minimum Gasteiger partial charge on any atom is -0.354 e. The maximum absolute atomic E-state index is 14.6. The third-order valence-electron chi connectivity index (χ3n) is 6.29. The Labute approximate surface area is 224 Å². The fourth-order valence-electron chi connectivity index (χ4n) is 3.98. The number of amides is 2. The number of para-hydroxylation sites is 1. The third kappa shape index (κ3) is 6.77. The van der Waals surface area contributed by atoms with E-state index in [4.69, 9.17) is 0 Å². The lowest BCUT2D eigenvalue weighted by Gasteiger charge is -2.32. The van der Waals surface area contributed by atoms with Crippen LogP contribution in [-0.4, -0.2) is 44.3 Å². The molecule has 202 valence electrons. The maximum Gasteiger partial charge on any atom is 0.264 e. The lowest BCUT2D eigenvalue weighted by atomic mass is 10.1. The van der Waals surface area contributed by atoms with Crippen LogP contribution >= 0.6 is 0 Å². The Morgan fingerprint density at radius 3 is 2.21 bits per heavy atom. The zero-order chi connectivity index (χ0) is 27.9. The Bertz CT molecular complexity index is 1380. The summed E-state index contributed by atoms with van der Waals surface area (Å²) in [6.45, 7) is 6.72. The van der Waals surface area contributed by atoms with E-state index in [1.165, 1.54) is 35.2 Å². The molecule has 9 heteroatoms. The molecule has 3 rings (SSSR count). The Kier molecular flexibility index (Phi) is 9.63. The summed E-state index contributed by atoms with van der Waals surface area (Å²) in [5.74, 6) is -1.55. The van der Waals surface area contributed by atoms with Crippen LogP contribution in [0.25, 0.3) is 0 Å². The van der Waals surface area contributed by atoms with Crippen molar-refractivity contribution in [1.29, 1.82) is 0 Å². The Morgan fingerprint density at radius 2 is 1.58 bits per heavy atom. The van der Waals surface area contributed by atoms with Crippen LogP contribution in [0.1, 0.15) is 37.0 Å². The number of nitrogens with one attached hydrogen (secondary N) is 1. The normalized spacial score (nSPS) is 12.0. The molecule has 3 aromatic carbocycles. The average Bonchev–Trinajstić information content (AvgIpc) is 2.90. The number of sulfonamides is 1. The van der Waals surface area contributed by atoms with Gasteiger partial charge >= 0.3 is 0 Å². The van der Waals surface area contributed by atoms with E-state index in [0.717, 1.165) is 9.87 Å². The first-order valence-corrected chi connectivity index (χ1v) is 14.0. The summed E-state index contributed by atoms with van der Waals surface area (Å²) >= 11 is 0. The molecule has 1 atom stereocenters. The number of benzene rings is 3. The van der Waals surface area contributed by atoms with E-state index in [-0.39, 0.29) is 17.0 Å². The van der Waals surface area contributed by atoms with Crippen LogP contribution in [0.5, 0.6) is 0 Å². The molecule has 0 fully saturated rings. The number of carbonyl (C=O) groups excluding carboxylic acids is 2. The highest BCUT2D eigenvalue weighted by Crippen LogP contribution is 2.27. The van der Waals surface area contributed by atoms with Gasteiger partial charge in [0.1, 0.15) is 18.4 Å². The molecular weight excluding hydrogens is 505 g/mol. The fourth-order valence-corrected chi connectivity index (χ4v) is 5.46. The molecule has 0 heterocycles. The van der Waals surface area contributed by atoms with E-state index >= 15 is 0 Å². The van der Waals surface area contributed by atoms with Crippen molar-refractivity contribution < 1.29 is 22.4 Å². The van der Waals surface area contributed by atoms with Crippen LogP contribution in [0.3, 0.4) is 0 Å². The Morgan fingerprint density at radius 1 is 0.947 bits per heavy atom. The van der Waals surface area contributed by atoms with Gasteiger partial charge in [0.25, 0.3) is 10.0 Å². The van der Waals surface area contributed by atoms with Crippen molar-refractivity contribution in [2.75, 3.05) is 17.4 Å². The largest absolute Gasteiger partial charge is 0.354 e. The van der Waals surface area contributed by atoms with Gasteiger partial charge in [-0.25, -0.2) is 12.8 Å². The molecule has 0 saturated carbocycles. The lowest BCUT2D eigenvalue weighted by Crippen LogP contribution is -2.51. The first kappa shape index (κ1) is 28.8. The Hall–Kier alpha value is -3.72. The van der Waals surface area contributed by atoms with Gasteiger partial charge < -0.3 is 10.2 Å². The first-order valence-electron chi connectivity index (χ1n) is 12.5. The average molecular weight is 540 g/mol. The van der Waals surface area contributed by atoms with Crippen molar-refractivity contribution in [3.8, 4) is 0 Å². The van der Waals surface area contributed by atoms with Crippen LogP contribution in [0, 0.1) is 19.7 Å². The summed E-state index contributed by atoms with van der Waals surface area (Å²) < 4.78 is 43.3. The SMILES string of the molecule is CCCNC(=O)[C@H](C)N(Cc1ccccc1F)C(=O)CN(c1ccccc1C)S(=O)(=O)c1ccc(C)cc1. The van der Waals surface area contributed by atoms with Gasteiger partial charge in [0.05, 0.1) is 10.6 Å². The van der Waals surface area contributed by atoms with Gasteiger partial charge in [-0.15, -0.1) is 0 Å². The number of halogens is 1. The van der Waals surface area contributed by atoms with Gasteiger partial charge in [0.2, 0.25) is 11.8 Å². The van der Waals surface area contributed by atoms with Gasteiger partial charge in [-0.05, 0) is 57.0 Å². The summed E-state index contributed by atoms with van der Waals surface area (Å²) in [6.07, 6.45) is 0.704. The molecule has 38 heavy (non-hydrogen) atoms. The van der Waals surface area contributed by atoms with E-state index in [0.29, 0.717) is 24.2 Å². The summed E-state index contributed by atoms with van der Waals surface area (Å²) in [5, 5.41) is 2.76. The molecule has 7 nitrogen and oxygen atoms in total. The summed E-state index contributed by atoms with van der Waals surface area (Å²) in [7, 11) is -4.15. The predicted octanol–water partition coefficient (Wildman–Crippen LogP) is 4.58. The molecule has 0 saturated heterocycles. The predicted molar refractivity (Wildman–Crippen MR) is 147 cm³/mol. The second kappa shape index (κ2) is 12.7. The molecule has 2 amide bonds. The topological polar surface area (TPSA) is 86.8 Å². The number of hydrogen-bond acceptors (Lipinski definition) is 4. The van der Waals surface area contributed by atoms with Crippen molar-refractivity contribution in [3.05, 3.63) is 95.3 Å². The third-order valence-corrected chi connectivity index (χ3v) is 8.06. The highest BCUT2D eigenvalue weighted by molar-refractivity contribution is 7.92. The standard InChI is InChI=1S/C29H34FN3O4S/c1-5-18-31-29(35)23(4)32(19-24-11-7-8-12-26(24)30)28(34)20-33(27-13-9-6-10-22(27)3)38(36,37)25-16-14-21(2)15-17-25/h6-17,23H,5,18-20H2,1-4H3,(H,31,35)/t23-/m0/s1. The van der Waals surface area contributed by atoms with Crippen LogP contribution in [0.15, 0.2) is 77.7 Å². The number of carbonyl (C=O) groups is 2. The summed E-state index contributed by atoms with van der Waals surface area (Å²) in [4.78, 5) is 27.9. The van der Waals surface area contributed by atoms with Crippen LogP contribution < -0.4 is 9.62 Å². The highest BCUT2D eigenvalue weighted by Gasteiger charge is 2.33. The van der Waals surface area contributed by atoms with Crippen molar-refractivity contribution >= 4 is 27.5 Å². The Balaban J connectivity index is 2.04. The number of hydrogen-bond donors (Lipinski definition) is 1. The van der Waals surface area contributed by atoms with E-state index < -0.39 is 40.2 Å². The van der Waals surface area contributed by atoms with Crippen molar-refractivity contribution in [2.45, 2.75) is 51.6 Å². The van der Waals surface area contributed by atoms with E-state index in [1.54, 1.807) is 56.3 Å². The minimum absolute atomic E-state index is 0.0357. The van der Waals surface area contributed by atoms with E-state index in [9.17, 15) is 22.4 Å². The second-order valence-electron chi connectivity index (χ2n) is 9.19. The zero-order valence-electron chi connectivity index (χ0n) is 22.1. The number of rotatable bonds is 11. The van der Waals surface area contributed by atoms with Crippen molar-refractivity contribution in [1.82, 2.24) is 10.2 Å². The number of nitrogens with zero attached hydrogens (tertiary/aromatic N) is 2. The smallest absolute Gasteiger partial charge is 0.264 e. The number of anilines is 1. The fraction of sp³-hybridized carbons (Fsp3) is 0.310. The van der Waals surface area contributed by atoms with Crippen LogP contribution in [0.4, 0.5) is 10.1 Å². The van der Waals surface area contributed by atoms with Gasteiger partial charge in [0, 0.05) is 18.7 Å². The second-order valence-corrected chi connectivity index (χ2v) is 11.1. The summed E-state index contributed by atoms with van der Waals surface area (Å²) in [5.41, 5.74) is 2.12. The maximum atomic E-state index is 14.6. The van der Waals surface area contributed by atoms with Crippen molar-refractivity contribution in [2.24, 2.45) is 0 Å². The molecule has 0 aliphatic heterocycles. The van der Waals surface area contributed by atoms with Gasteiger partial charge in [0.15, 0.2) is 0 Å². The van der Waals surface area contributed by atoms with E-state index in [1.807, 2.05) is 13.8 Å². The lowest BCUT2D eigenvalue weighted by molar-refractivity contribution is -0.139. The minimum atomic E-state index is -4.15. The van der Waals surface area contributed by atoms with Crippen molar-refractivity contribution in [3.63, 3.8) is 0 Å². The van der Waals surface area contributed by atoms with Gasteiger partial charge in [-0.2, -0.15) is 0 Å². The molecule has 3 aromatic rings. The molecule has 1 N–H and O–H groups in total. The molecule has 0 bridgehead atoms. The van der Waals surface area contributed by atoms with Gasteiger partial charge in [-0.1, -0.05) is 61.0 Å². The van der Waals surface area contributed by atoms with Crippen LogP contribution in [0.2, 0.25) is 0 Å². The quantitative estimate of drug-likeness (QED) is 0.387. The van der Waals surface area contributed by atoms with E-state index in [2.05, 4.69) is 5.32 Å². The molecule has 0 aliphatic carbocycles. The van der Waals surface area contributed by atoms with Crippen LogP contribution in [-0.2, 0) is 26.2 Å². The monoisotopic (exact) mass is 539 g/mol. The molecule has 0 spiro atoms. The first-order chi connectivity index (χ1) is 18.1. The molecule has 0 aliphatic rings. The highest BCUT2D eigenvalue weighted by atomic mass is 32.2. The molecule has 0 unspecified atom stereocenters. The number of aryl methyl sites for hydroxylation is 2. The zero-order valence-corrected chi connectivity index (χ0v) is 23.0. The summed E-state index contributed by atoms with van der Waals surface area (Å²) in [6, 6.07) is 18.3.